The number of carbonyl (C=O) groups is 2. The normalized spacial score (nSPS) is 12.9. The molecule has 0 bridgehead atoms. The molecule has 0 saturated carbocycles. The molecule has 1 aromatic rings. The number of alkyl carbamates (subject to hydrolysis) is 1. The highest BCUT2D eigenvalue weighted by Gasteiger charge is 2.21. The van der Waals surface area contributed by atoms with Gasteiger partial charge in [-0.3, -0.25) is 0 Å². The van der Waals surface area contributed by atoms with Gasteiger partial charge in [-0.05, 0) is 46.2 Å². The second-order valence-corrected chi connectivity index (χ2v) is 6.59. The SMILES string of the molecule is Cc1cc(C(C=O)NC(=O)OC(C)(C)C)c(C)s1. The Labute approximate surface area is 111 Å². The molecule has 5 heteroatoms. The summed E-state index contributed by atoms with van der Waals surface area (Å²) in [6, 6.07) is 1.26. The quantitative estimate of drug-likeness (QED) is 0.858. The Morgan fingerprint density at radius 2 is 2.06 bits per heavy atom. The number of hydrogen-bond donors (Lipinski definition) is 1. The van der Waals surface area contributed by atoms with Crippen LogP contribution >= 0.6 is 11.3 Å². The maximum atomic E-state index is 11.6. The smallest absolute Gasteiger partial charge is 0.408 e. The average molecular weight is 269 g/mol. The molecular weight excluding hydrogens is 250 g/mol. The van der Waals surface area contributed by atoms with Crippen LogP contribution in [0, 0.1) is 13.8 Å². The lowest BCUT2D eigenvalue weighted by Crippen LogP contribution is -2.35. The van der Waals surface area contributed by atoms with Gasteiger partial charge in [-0.25, -0.2) is 4.79 Å². The van der Waals surface area contributed by atoms with Crippen molar-refractivity contribution in [2.45, 2.75) is 46.3 Å². The highest BCUT2D eigenvalue weighted by atomic mass is 32.1. The summed E-state index contributed by atoms with van der Waals surface area (Å²) < 4.78 is 5.13. The maximum absolute atomic E-state index is 11.6. The minimum absolute atomic E-state index is 0.572. The Morgan fingerprint density at radius 3 is 2.44 bits per heavy atom. The summed E-state index contributed by atoms with van der Waals surface area (Å²) in [5.74, 6) is 0. The summed E-state index contributed by atoms with van der Waals surface area (Å²) in [5.41, 5.74) is 0.260. The summed E-state index contributed by atoms with van der Waals surface area (Å²) in [4.78, 5) is 24.9. The van der Waals surface area contributed by atoms with Crippen molar-refractivity contribution >= 4 is 23.7 Å². The van der Waals surface area contributed by atoms with E-state index in [4.69, 9.17) is 4.74 Å². The molecule has 0 aromatic carbocycles. The van der Waals surface area contributed by atoms with Crippen LogP contribution in [0.2, 0.25) is 0 Å². The zero-order valence-electron chi connectivity index (χ0n) is 11.4. The summed E-state index contributed by atoms with van der Waals surface area (Å²) in [6.07, 6.45) is 0.140. The molecule has 4 nitrogen and oxygen atoms in total. The fourth-order valence-corrected chi connectivity index (χ4v) is 2.55. The standard InChI is InChI=1S/C13H19NO3S/c1-8-6-10(9(2)18-8)11(7-15)14-12(16)17-13(3,4)5/h6-7,11H,1-5H3,(H,14,16). The summed E-state index contributed by atoms with van der Waals surface area (Å²) in [5, 5.41) is 2.57. The van der Waals surface area contributed by atoms with E-state index in [0.717, 1.165) is 21.6 Å². The second-order valence-electron chi connectivity index (χ2n) is 5.13. The fourth-order valence-electron chi connectivity index (χ4n) is 1.58. The van der Waals surface area contributed by atoms with Crippen LogP contribution in [0.5, 0.6) is 0 Å². The number of ether oxygens (including phenoxy) is 1. The zero-order valence-corrected chi connectivity index (χ0v) is 12.2. The van der Waals surface area contributed by atoms with Gasteiger partial charge in [-0.1, -0.05) is 0 Å². The number of hydrogen-bond acceptors (Lipinski definition) is 4. The summed E-state index contributed by atoms with van der Waals surface area (Å²) >= 11 is 1.60. The van der Waals surface area contributed by atoms with Gasteiger partial charge in [0.25, 0.3) is 0 Å². The molecule has 18 heavy (non-hydrogen) atoms. The highest BCUT2D eigenvalue weighted by molar-refractivity contribution is 7.12. The molecule has 1 N–H and O–H groups in total. The topological polar surface area (TPSA) is 55.4 Å². The number of amides is 1. The Balaban J connectivity index is 2.77. The predicted octanol–water partition coefficient (Wildman–Crippen LogP) is 3.13. The second kappa shape index (κ2) is 5.52. The Kier molecular flexibility index (Phi) is 4.51. The molecule has 0 saturated heterocycles. The molecule has 1 rings (SSSR count). The lowest BCUT2D eigenvalue weighted by atomic mass is 10.1. The van der Waals surface area contributed by atoms with Gasteiger partial charge in [0.05, 0.1) is 0 Å². The van der Waals surface area contributed by atoms with Gasteiger partial charge in [-0.2, -0.15) is 0 Å². The summed E-state index contributed by atoms with van der Waals surface area (Å²) in [7, 11) is 0. The minimum atomic E-state index is -0.648. The third kappa shape index (κ3) is 4.14. The van der Waals surface area contributed by atoms with Crippen molar-refractivity contribution in [1.82, 2.24) is 5.32 Å². The third-order valence-corrected chi connectivity index (χ3v) is 3.20. The first-order valence-electron chi connectivity index (χ1n) is 5.74. The first kappa shape index (κ1) is 14.7. The van der Waals surface area contributed by atoms with E-state index >= 15 is 0 Å². The van der Waals surface area contributed by atoms with Crippen LogP contribution in [0.15, 0.2) is 6.07 Å². The van der Waals surface area contributed by atoms with Crippen molar-refractivity contribution in [2.75, 3.05) is 0 Å². The van der Waals surface area contributed by atoms with Gasteiger partial charge >= 0.3 is 6.09 Å². The van der Waals surface area contributed by atoms with Gasteiger partial charge in [0.2, 0.25) is 0 Å². The van der Waals surface area contributed by atoms with E-state index in [-0.39, 0.29) is 0 Å². The number of nitrogens with one attached hydrogen (secondary N) is 1. The molecule has 0 spiro atoms. The zero-order chi connectivity index (χ0) is 13.9. The Hall–Kier alpha value is -1.36. The van der Waals surface area contributed by atoms with Gasteiger partial charge in [0, 0.05) is 9.75 Å². The van der Waals surface area contributed by atoms with Crippen molar-refractivity contribution in [2.24, 2.45) is 0 Å². The predicted molar refractivity (Wildman–Crippen MR) is 72.0 cm³/mol. The highest BCUT2D eigenvalue weighted by Crippen LogP contribution is 2.25. The van der Waals surface area contributed by atoms with Crippen molar-refractivity contribution < 1.29 is 14.3 Å². The minimum Gasteiger partial charge on any atom is -0.444 e. The van der Waals surface area contributed by atoms with E-state index in [0.29, 0.717) is 0 Å². The van der Waals surface area contributed by atoms with Crippen LogP contribution in [0.25, 0.3) is 0 Å². The van der Waals surface area contributed by atoms with E-state index in [1.54, 1.807) is 32.1 Å². The van der Waals surface area contributed by atoms with Crippen molar-refractivity contribution in [1.29, 1.82) is 0 Å². The monoisotopic (exact) mass is 269 g/mol. The van der Waals surface area contributed by atoms with Crippen LogP contribution in [-0.2, 0) is 9.53 Å². The molecule has 0 aliphatic rings. The number of aldehydes is 1. The molecule has 0 aliphatic carbocycles. The van der Waals surface area contributed by atoms with Crippen molar-refractivity contribution in [3.8, 4) is 0 Å². The molecule has 100 valence electrons. The van der Waals surface area contributed by atoms with Gasteiger partial charge in [-0.15, -0.1) is 11.3 Å². The third-order valence-electron chi connectivity index (χ3n) is 2.22. The van der Waals surface area contributed by atoms with Crippen LogP contribution in [0.3, 0.4) is 0 Å². The van der Waals surface area contributed by atoms with E-state index in [1.807, 2.05) is 19.9 Å². The van der Waals surface area contributed by atoms with Crippen LogP contribution in [0.1, 0.15) is 42.1 Å². The summed E-state index contributed by atoms with van der Waals surface area (Å²) in [6.45, 7) is 9.24. The molecule has 1 atom stereocenters. The molecule has 0 aliphatic heterocycles. The molecule has 1 heterocycles. The number of thiophene rings is 1. The van der Waals surface area contributed by atoms with Crippen LogP contribution in [-0.4, -0.2) is 18.0 Å². The average Bonchev–Trinajstić information content (AvgIpc) is 2.51. The molecule has 0 radical (unpaired) electrons. The van der Waals surface area contributed by atoms with E-state index < -0.39 is 17.7 Å². The van der Waals surface area contributed by atoms with E-state index in [1.165, 1.54) is 0 Å². The lowest BCUT2D eigenvalue weighted by molar-refractivity contribution is -0.109. The first-order valence-corrected chi connectivity index (χ1v) is 6.56. The fraction of sp³-hybridized carbons (Fsp3) is 0.538. The van der Waals surface area contributed by atoms with E-state index in [2.05, 4.69) is 5.32 Å². The number of rotatable bonds is 3. The van der Waals surface area contributed by atoms with Gasteiger partial charge < -0.3 is 14.8 Å². The number of carbonyl (C=O) groups excluding carboxylic acids is 2. The van der Waals surface area contributed by atoms with Crippen LogP contribution < -0.4 is 5.32 Å². The molecule has 1 amide bonds. The number of aryl methyl sites for hydroxylation is 2. The molecular formula is C13H19NO3S. The van der Waals surface area contributed by atoms with Crippen molar-refractivity contribution in [3.63, 3.8) is 0 Å². The van der Waals surface area contributed by atoms with Crippen LogP contribution in [0.4, 0.5) is 4.79 Å². The first-order chi connectivity index (χ1) is 8.23. The van der Waals surface area contributed by atoms with Gasteiger partial charge in [0.1, 0.15) is 17.9 Å². The Bertz CT molecular complexity index is 446. The molecule has 0 fully saturated rings. The molecule has 1 aromatic heterocycles. The van der Waals surface area contributed by atoms with Gasteiger partial charge in [0.15, 0.2) is 0 Å². The maximum Gasteiger partial charge on any atom is 0.408 e. The largest absolute Gasteiger partial charge is 0.444 e. The van der Waals surface area contributed by atoms with Crippen molar-refractivity contribution in [3.05, 3.63) is 21.4 Å². The lowest BCUT2D eigenvalue weighted by Gasteiger charge is -2.21. The Morgan fingerprint density at radius 1 is 1.44 bits per heavy atom. The van der Waals surface area contributed by atoms with E-state index in [9.17, 15) is 9.59 Å². The molecule has 1 unspecified atom stereocenters.